The number of rotatable bonds is 5. The monoisotopic (exact) mass is 475 g/mol. The summed E-state index contributed by atoms with van der Waals surface area (Å²) in [5, 5.41) is 3.37. The molecule has 2 fully saturated rings. The zero-order valence-electron chi connectivity index (χ0n) is 17.5. The second-order valence-corrected chi connectivity index (χ2v) is 9.84. The Morgan fingerprint density at radius 1 is 1.34 bits per heavy atom. The summed E-state index contributed by atoms with van der Waals surface area (Å²) in [5.74, 6) is 0.207. The number of fused-ring (bicyclic) bond motifs is 2. The Balaban J connectivity index is 1.43. The second kappa shape index (κ2) is 8.15. The zero-order valence-corrected chi connectivity index (χ0v) is 19.1. The van der Waals surface area contributed by atoms with E-state index in [9.17, 15) is 14.0 Å². The third-order valence-corrected chi connectivity index (χ3v) is 7.68. The molecule has 3 aliphatic rings. The Hall–Kier alpha value is -2.45. The molecule has 1 aliphatic carbocycles. The van der Waals surface area contributed by atoms with Crippen LogP contribution in [0.3, 0.4) is 0 Å². The van der Waals surface area contributed by atoms with Crippen LogP contribution in [-0.2, 0) is 15.0 Å². The van der Waals surface area contributed by atoms with Crippen LogP contribution in [0.5, 0.6) is 5.75 Å². The van der Waals surface area contributed by atoms with Gasteiger partial charge < -0.3 is 19.7 Å². The number of likely N-dealkylation sites (tertiary alicyclic amines) is 1. The number of amides is 2. The number of carbonyl (C=O) groups excluding carboxylic acids is 2. The Morgan fingerprint density at radius 2 is 2.16 bits per heavy atom. The Bertz CT molecular complexity index is 1110. The van der Waals surface area contributed by atoms with Gasteiger partial charge in [-0.3, -0.25) is 9.59 Å². The van der Waals surface area contributed by atoms with E-state index < -0.39 is 11.2 Å². The van der Waals surface area contributed by atoms with Gasteiger partial charge in [0.25, 0.3) is 0 Å². The SMILES string of the molecule is CC(=O)N1CCC(Oc2cc(NSc3ccc(Cl)cc3F)cc3c2NC(=O)C32CCC2)C1. The second-order valence-electron chi connectivity index (χ2n) is 8.56. The largest absolute Gasteiger partial charge is 0.486 e. The minimum absolute atomic E-state index is 0.00827. The molecule has 2 N–H and O–H groups in total. The van der Waals surface area contributed by atoms with Crippen molar-refractivity contribution in [2.24, 2.45) is 0 Å². The molecule has 168 valence electrons. The van der Waals surface area contributed by atoms with Crippen molar-refractivity contribution in [2.45, 2.75) is 49.0 Å². The van der Waals surface area contributed by atoms with Gasteiger partial charge in [-0.2, -0.15) is 0 Å². The summed E-state index contributed by atoms with van der Waals surface area (Å²) >= 11 is 6.99. The van der Waals surface area contributed by atoms with Gasteiger partial charge in [0.05, 0.1) is 22.5 Å². The average molecular weight is 476 g/mol. The Morgan fingerprint density at radius 3 is 2.81 bits per heavy atom. The lowest BCUT2D eigenvalue weighted by Crippen LogP contribution is -2.40. The van der Waals surface area contributed by atoms with E-state index in [0.29, 0.717) is 34.4 Å². The molecule has 2 aromatic carbocycles. The van der Waals surface area contributed by atoms with Crippen LogP contribution < -0.4 is 14.8 Å². The van der Waals surface area contributed by atoms with Gasteiger partial charge >= 0.3 is 0 Å². The van der Waals surface area contributed by atoms with Gasteiger partial charge in [-0.25, -0.2) is 4.39 Å². The molecule has 0 aromatic heterocycles. The van der Waals surface area contributed by atoms with Gasteiger partial charge in [-0.15, -0.1) is 0 Å². The average Bonchev–Trinajstić information content (AvgIpc) is 3.29. The van der Waals surface area contributed by atoms with Crippen LogP contribution in [-0.4, -0.2) is 35.9 Å². The maximum absolute atomic E-state index is 14.2. The first-order valence-corrected chi connectivity index (χ1v) is 11.9. The lowest BCUT2D eigenvalue weighted by Gasteiger charge is -2.36. The van der Waals surface area contributed by atoms with Gasteiger partial charge in [0.1, 0.15) is 17.7 Å². The highest BCUT2D eigenvalue weighted by Crippen LogP contribution is 2.54. The molecular formula is C23H23ClFN3O3S. The molecule has 1 saturated heterocycles. The smallest absolute Gasteiger partial charge is 0.235 e. The van der Waals surface area contributed by atoms with Crippen LogP contribution >= 0.6 is 23.5 Å². The molecule has 9 heteroatoms. The number of ether oxygens (including phenoxy) is 1. The first-order valence-electron chi connectivity index (χ1n) is 10.7. The fourth-order valence-corrected chi connectivity index (χ4v) is 5.41. The van der Waals surface area contributed by atoms with E-state index in [1.165, 1.54) is 6.07 Å². The molecule has 2 aliphatic heterocycles. The standard InChI is InChI=1S/C23H23ClFN3O3S/c1-13(29)28-8-5-16(12-28)31-19-11-15(27-32-20-4-3-14(24)9-18(20)25)10-17-21(19)26-22(30)23(17)6-2-7-23/h3-4,9-11,16,27H,2,5-8,12H2,1H3,(H,26,30). The molecule has 2 amide bonds. The molecule has 2 aromatic rings. The number of hydrogen-bond acceptors (Lipinski definition) is 5. The summed E-state index contributed by atoms with van der Waals surface area (Å²) in [6.07, 6.45) is 3.19. The highest BCUT2D eigenvalue weighted by molar-refractivity contribution is 8.00. The van der Waals surface area contributed by atoms with Crippen molar-refractivity contribution in [2.75, 3.05) is 23.1 Å². The normalized spacial score (nSPS) is 20.7. The van der Waals surface area contributed by atoms with Crippen molar-refractivity contribution >= 4 is 46.7 Å². The summed E-state index contributed by atoms with van der Waals surface area (Å²) in [5.41, 5.74) is 1.85. The number of hydrogen-bond donors (Lipinski definition) is 2. The van der Waals surface area contributed by atoms with E-state index in [1.54, 1.807) is 24.0 Å². The first kappa shape index (κ1) is 21.4. The van der Waals surface area contributed by atoms with E-state index in [1.807, 2.05) is 12.1 Å². The summed E-state index contributed by atoms with van der Waals surface area (Å²) in [4.78, 5) is 26.7. The maximum atomic E-state index is 14.2. The summed E-state index contributed by atoms with van der Waals surface area (Å²) < 4.78 is 23.7. The van der Waals surface area contributed by atoms with Crippen molar-refractivity contribution in [3.8, 4) is 5.75 Å². The Kier molecular flexibility index (Phi) is 5.45. The van der Waals surface area contributed by atoms with Crippen LogP contribution in [0.2, 0.25) is 5.02 Å². The molecule has 1 unspecified atom stereocenters. The number of halogens is 2. The third-order valence-electron chi connectivity index (χ3n) is 6.55. The predicted molar refractivity (Wildman–Crippen MR) is 123 cm³/mol. The Labute approximate surface area is 195 Å². The van der Waals surface area contributed by atoms with Crippen molar-refractivity contribution in [3.63, 3.8) is 0 Å². The minimum atomic E-state index is -0.511. The molecular weight excluding hydrogens is 453 g/mol. The number of anilines is 2. The van der Waals surface area contributed by atoms with Crippen LogP contribution in [0.25, 0.3) is 0 Å². The maximum Gasteiger partial charge on any atom is 0.235 e. The van der Waals surface area contributed by atoms with Gasteiger partial charge in [-0.1, -0.05) is 18.0 Å². The topological polar surface area (TPSA) is 70.7 Å². The predicted octanol–water partition coefficient (Wildman–Crippen LogP) is 4.97. The summed E-state index contributed by atoms with van der Waals surface area (Å²) in [6, 6.07) is 8.31. The number of carbonyl (C=O) groups is 2. The molecule has 5 rings (SSSR count). The third kappa shape index (κ3) is 3.69. The van der Waals surface area contributed by atoms with Crippen molar-refractivity contribution in [1.82, 2.24) is 4.90 Å². The van der Waals surface area contributed by atoms with Gasteiger partial charge in [0.15, 0.2) is 0 Å². The molecule has 2 heterocycles. The lowest BCUT2D eigenvalue weighted by molar-refractivity contribution is -0.128. The van der Waals surface area contributed by atoms with Crippen molar-refractivity contribution in [1.29, 1.82) is 0 Å². The number of nitrogens with zero attached hydrogens (tertiary/aromatic N) is 1. The van der Waals surface area contributed by atoms with E-state index in [4.69, 9.17) is 16.3 Å². The van der Waals surface area contributed by atoms with E-state index in [2.05, 4.69) is 10.0 Å². The highest BCUT2D eigenvalue weighted by atomic mass is 35.5. The van der Waals surface area contributed by atoms with Crippen LogP contribution in [0.4, 0.5) is 15.8 Å². The molecule has 1 saturated carbocycles. The summed E-state index contributed by atoms with van der Waals surface area (Å²) in [6.45, 7) is 2.73. The van der Waals surface area contributed by atoms with Crippen LogP contribution in [0.1, 0.15) is 38.2 Å². The van der Waals surface area contributed by atoms with Crippen molar-refractivity contribution < 1.29 is 18.7 Å². The van der Waals surface area contributed by atoms with Gasteiger partial charge in [0.2, 0.25) is 11.8 Å². The molecule has 1 spiro atoms. The molecule has 0 bridgehead atoms. The lowest BCUT2D eigenvalue weighted by atomic mass is 9.65. The first-order chi connectivity index (χ1) is 15.4. The summed E-state index contributed by atoms with van der Waals surface area (Å²) in [7, 11) is 0. The van der Waals surface area contributed by atoms with E-state index in [-0.39, 0.29) is 17.9 Å². The van der Waals surface area contributed by atoms with E-state index in [0.717, 1.165) is 48.9 Å². The molecule has 1 atom stereocenters. The molecule has 6 nitrogen and oxygen atoms in total. The van der Waals surface area contributed by atoms with Gasteiger partial charge in [-0.05, 0) is 54.6 Å². The fourth-order valence-electron chi connectivity index (χ4n) is 4.62. The number of benzene rings is 2. The highest BCUT2D eigenvalue weighted by Gasteiger charge is 2.52. The van der Waals surface area contributed by atoms with E-state index >= 15 is 0 Å². The van der Waals surface area contributed by atoms with Crippen LogP contribution in [0.15, 0.2) is 35.2 Å². The molecule has 32 heavy (non-hydrogen) atoms. The van der Waals surface area contributed by atoms with Crippen LogP contribution in [0, 0.1) is 5.82 Å². The zero-order chi connectivity index (χ0) is 22.5. The number of nitrogens with one attached hydrogen (secondary N) is 2. The van der Waals surface area contributed by atoms with Gasteiger partial charge in [0, 0.05) is 36.7 Å². The molecule has 0 radical (unpaired) electrons. The minimum Gasteiger partial charge on any atom is -0.486 e. The van der Waals surface area contributed by atoms with Crippen molar-refractivity contribution in [3.05, 3.63) is 46.7 Å². The fraction of sp³-hybridized carbons (Fsp3) is 0.391. The quantitative estimate of drug-likeness (QED) is 0.597.